The quantitative estimate of drug-likeness (QED) is 0.904. The molecule has 0 aliphatic rings. The van der Waals surface area contributed by atoms with Gasteiger partial charge in [-0.15, -0.1) is 0 Å². The van der Waals surface area contributed by atoms with Crippen molar-refractivity contribution in [3.63, 3.8) is 0 Å². The number of halogens is 3. The third kappa shape index (κ3) is 3.12. The summed E-state index contributed by atoms with van der Waals surface area (Å²) in [5.74, 6) is 0. The van der Waals surface area contributed by atoms with Crippen LogP contribution in [0.2, 0.25) is 0 Å². The van der Waals surface area contributed by atoms with Crippen LogP contribution < -0.4 is 5.73 Å². The van der Waals surface area contributed by atoms with Crippen molar-refractivity contribution in [2.24, 2.45) is 5.73 Å². The molecule has 1 aromatic carbocycles. The summed E-state index contributed by atoms with van der Waals surface area (Å²) in [5.41, 5.74) is 7.59. The van der Waals surface area contributed by atoms with E-state index in [1.165, 1.54) is 12.1 Å². The van der Waals surface area contributed by atoms with Gasteiger partial charge in [-0.3, -0.25) is 4.98 Å². The van der Waals surface area contributed by atoms with Crippen LogP contribution in [0.15, 0.2) is 42.6 Å². The number of nitrogens with two attached hydrogens (primary N) is 1. The Morgan fingerprint density at radius 2 is 1.58 bits per heavy atom. The molecule has 100 valence electrons. The van der Waals surface area contributed by atoms with Crippen LogP contribution in [0.5, 0.6) is 0 Å². The zero-order valence-corrected chi connectivity index (χ0v) is 10.3. The first-order valence-electron chi connectivity index (χ1n) is 5.73. The number of alkyl halides is 3. The summed E-state index contributed by atoms with van der Waals surface area (Å²) in [4.78, 5) is 4.12. The van der Waals surface area contributed by atoms with Gasteiger partial charge in [-0.05, 0) is 36.2 Å². The van der Waals surface area contributed by atoms with Crippen LogP contribution in [0.1, 0.15) is 28.4 Å². The van der Waals surface area contributed by atoms with Crippen LogP contribution in [0, 0.1) is 6.92 Å². The van der Waals surface area contributed by atoms with Gasteiger partial charge in [0.15, 0.2) is 0 Å². The molecule has 2 aromatic rings. The van der Waals surface area contributed by atoms with Crippen molar-refractivity contribution in [3.8, 4) is 0 Å². The standard InChI is InChI=1S/C14H13F3N2/c1-9-2-3-11(8-19-9)13(18)10-4-6-12(7-5-10)14(15,16)17/h2-8,13H,18H2,1H3. The molecule has 1 aromatic heterocycles. The van der Waals surface area contributed by atoms with Gasteiger partial charge in [0.2, 0.25) is 0 Å². The number of aromatic nitrogens is 1. The number of pyridine rings is 1. The fraction of sp³-hybridized carbons (Fsp3) is 0.214. The second-order valence-electron chi connectivity index (χ2n) is 4.33. The third-order valence-corrected chi connectivity index (χ3v) is 2.89. The zero-order valence-electron chi connectivity index (χ0n) is 10.3. The lowest BCUT2D eigenvalue weighted by Gasteiger charge is -2.13. The van der Waals surface area contributed by atoms with E-state index in [1.54, 1.807) is 6.20 Å². The maximum atomic E-state index is 12.4. The number of rotatable bonds is 2. The normalized spacial score (nSPS) is 13.3. The van der Waals surface area contributed by atoms with Crippen molar-refractivity contribution in [1.82, 2.24) is 4.98 Å². The molecule has 1 unspecified atom stereocenters. The molecule has 0 spiro atoms. The van der Waals surface area contributed by atoms with E-state index in [0.29, 0.717) is 5.56 Å². The molecule has 2 rings (SSSR count). The molecule has 0 fully saturated rings. The summed E-state index contributed by atoms with van der Waals surface area (Å²) < 4.78 is 37.3. The van der Waals surface area contributed by atoms with Gasteiger partial charge in [0.25, 0.3) is 0 Å². The van der Waals surface area contributed by atoms with E-state index in [0.717, 1.165) is 23.4 Å². The minimum Gasteiger partial charge on any atom is -0.320 e. The highest BCUT2D eigenvalue weighted by molar-refractivity contribution is 5.33. The fourth-order valence-electron chi connectivity index (χ4n) is 1.74. The molecule has 0 aliphatic heterocycles. The Bertz CT molecular complexity index is 544. The van der Waals surface area contributed by atoms with E-state index in [2.05, 4.69) is 4.98 Å². The highest BCUT2D eigenvalue weighted by Gasteiger charge is 2.30. The summed E-state index contributed by atoms with van der Waals surface area (Å²) in [6, 6.07) is 8.04. The second-order valence-corrected chi connectivity index (χ2v) is 4.33. The maximum Gasteiger partial charge on any atom is 0.416 e. The van der Waals surface area contributed by atoms with Gasteiger partial charge in [-0.1, -0.05) is 18.2 Å². The predicted molar refractivity (Wildman–Crippen MR) is 66.4 cm³/mol. The average Bonchev–Trinajstić information content (AvgIpc) is 2.38. The smallest absolute Gasteiger partial charge is 0.320 e. The van der Waals surface area contributed by atoms with Crippen LogP contribution in [-0.4, -0.2) is 4.98 Å². The highest BCUT2D eigenvalue weighted by Crippen LogP contribution is 2.30. The largest absolute Gasteiger partial charge is 0.416 e. The van der Waals surface area contributed by atoms with E-state index >= 15 is 0 Å². The molecule has 2 N–H and O–H groups in total. The van der Waals surface area contributed by atoms with Crippen LogP contribution in [0.25, 0.3) is 0 Å². The number of aryl methyl sites for hydroxylation is 1. The van der Waals surface area contributed by atoms with Gasteiger partial charge in [-0.25, -0.2) is 0 Å². The van der Waals surface area contributed by atoms with E-state index in [1.807, 2.05) is 19.1 Å². The van der Waals surface area contributed by atoms with Gasteiger partial charge in [0.1, 0.15) is 0 Å². The maximum absolute atomic E-state index is 12.4. The molecule has 0 saturated heterocycles. The number of hydrogen-bond donors (Lipinski definition) is 1. The van der Waals surface area contributed by atoms with Crippen molar-refractivity contribution in [1.29, 1.82) is 0 Å². The van der Waals surface area contributed by atoms with E-state index in [-0.39, 0.29) is 0 Å². The monoisotopic (exact) mass is 266 g/mol. The molecule has 19 heavy (non-hydrogen) atoms. The summed E-state index contributed by atoms with van der Waals surface area (Å²) >= 11 is 0. The van der Waals surface area contributed by atoms with Crippen LogP contribution >= 0.6 is 0 Å². The van der Waals surface area contributed by atoms with Crippen LogP contribution in [0.4, 0.5) is 13.2 Å². The third-order valence-electron chi connectivity index (χ3n) is 2.89. The molecule has 1 heterocycles. The Hall–Kier alpha value is -1.88. The number of nitrogens with zero attached hydrogens (tertiary/aromatic N) is 1. The van der Waals surface area contributed by atoms with Crippen LogP contribution in [-0.2, 0) is 6.18 Å². The first-order chi connectivity index (χ1) is 8.88. The molecular formula is C14H13F3N2. The van der Waals surface area contributed by atoms with Crippen molar-refractivity contribution in [3.05, 3.63) is 65.0 Å². The Balaban J connectivity index is 2.25. The second kappa shape index (κ2) is 5.01. The van der Waals surface area contributed by atoms with Gasteiger partial charge >= 0.3 is 6.18 Å². The zero-order chi connectivity index (χ0) is 14.0. The first kappa shape index (κ1) is 13.5. The van der Waals surface area contributed by atoms with Gasteiger partial charge in [-0.2, -0.15) is 13.2 Å². The molecule has 0 aliphatic carbocycles. The SMILES string of the molecule is Cc1ccc(C(N)c2ccc(C(F)(F)F)cc2)cn1. The van der Waals surface area contributed by atoms with Gasteiger partial charge in [0, 0.05) is 11.9 Å². The Labute approximate surface area is 109 Å². The molecule has 0 saturated carbocycles. The highest BCUT2D eigenvalue weighted by atomic mass is 19.4. The summed E-state index contributed by atoms with van der Waals surface area (Å²) in [6.45, 7) is 1.85. The molecular weight excluding hydrogens is 253 g/mol. The molecule has 0 bridgehead atoms. The van der Waals surface area contributed by atoms with Crippen molar-refractivity contribution >= 4 is 0 Å². The Kier molecular flexibility index (Phi) is 3.57. The minimum atomic E-state index is -4.33. The summed E-state index contributed by atoms with van der Waals surface area (Å²) in [5, 5.41) is 0. The molecule has 0 radical (unpaired) electrons. The average molecular weight is 266 g/mol. The number of hydrogen-bond acceptors (Lipinski definition) is 2. The lowest BCUT2D eigenvalue weighted by atomic mass is 9.99. The van der Waals surface area contributed by atoms with E-state index in [4.69, 9.17) is 5.73 Å². The molecule has 0 amide bonds. The van der Waals surface area contributed by atoms with E-state index < -0.39 is 17.8 Å². The topological polar surface area (TPSA) is 38.9 Å². The van der Waals surface area contributed by atoms with E-state index in [9.17, 15) is 13.2 Å². The van der Waals surface area contributed by atoms with Crippen molar-refractivity contribution in [2.75, 3.05) is 0 Å². The lowest BCUT2D eigenvalue weighted by Crippen LogP contribution is -2.13. The lowest BCUT2D eigenvalue weighted by molar-refractivity contribution is -0.137. The molecule has 2 nitrogen and oxygen atoms in total. The Morgan fingerprint density at radius 1 is 1.00 bits per heavy atom. The van der Waals surface area contributed by atoms with Gasteiger partial charge in [0.05, 0.1) is 11.6 Å². The first-order valence-corrected chi connectivity index (χ1v) is 5.73. The molecule has 5 heteroatoms. The summed E-state index contributed by atoms with van der Waals surface area (Å²) in [7, 11) is 0. The van der Waals surface area contributed by atoms with Gasteiger partial charge < -0.3 is 5.73 Å². The molecule has 1 atom stereocenters. The summed E-state index contributed by atoms with van der Waals surface area (Å²) in [6.07, 6.45) is -2.69. The Morgan fingerprint density at radius 3 is 2.05 bits per heavy atom. The van der Waals surface area contributed by atoms with Crippen molar-refractivity contribution < 1.29 is 13.2 Å². The minimum absolute atomic E-state index is 0.476. The fourth-order valence-corrected chi connectivity index (χ4v) is 1.74. The number of benzene rings is 1. The van der Waals surface area contributed by atoms with Crippen LogP contribution in [0.3, 0.4) is 0 Å². The predicted octanol–water partition coefficient (Wildman–Crippen LogP) is 3.46. The van der Waals surface area contributed by atoms with Crippen molar-refractivity contribution in [2.45, 2.75) is 19.1 Å².